The largest absolute Gasteiger partial charge is 0.507 e. The van der Waals surface area contributed by atoms with Crippen LogP contribution in [-0.4, -0.2) is 79.5 Å². The number of aromatic nitrogens is 1. The van der Waals surface area contributed by atoms with Gasteiger partial charge in [-0.1, -0.05) is 59.3 Å². The molecule has 6 rings (SSSR count). The predicted octanol–water partition coefficient (Wildman–Crippen LogP) is 5.88. The third kappa shape index (κ3) is 8.00. The van der Waals surface area contributed by atoms with Crippen LogP contribution in [0.25, 0.3) is 38.7 Å². The lowest BCUT2D eigenvalue weighted by Crippen LogP contribution is -2.44. The summed E-state index contributed by atoms with van der Waals surface area (Å²) in [6, 6.07) is 3.09. The van der Waals surface area contributed by atoms with Crippen molar-refractivity contribution in [2.24, 2.45) is 23.7 Å². The molecule has 0 fully saturated rings. The zero-order valence-electron chi connectivity index (χ0n) is 35.2. The Morgan fingerprint density at radius 2 is 1.62 bits per heavy atom. The number of thioether (sulfide) groups is 1. The summed E-state index contributed by atoms with van der Waals surface area (Å²) in [6.45, 7) is 13.4. The number of hydrogen-bond acceptors (Lipinski definition) is 14. The third-order valence-electron chi connectivity index (χ3n) is 11.9. The highest BCUT2D eigenvalue weighted by Gasteiger charge is 2.44. The number of rotatable bonds is 5. The molecule has 0 saturated carbocycles. The number of benzene rings is 3. The van der Waals surface area contributed by atoms with E-state index < -0.39 is 82.1 Å². The number of ether oxygens (including phenoxy) is 3. The summed E-state index contributed by atoms with van der Waals surface area (Å²) < 4.78 is 24.3. The lowest BCUT2D eigenvalue weighted by Gasteiger charge is -2.36. The van der Waals surface area contributed by atoms with Crippen molar-refractivity contribution in [1.82, 2.24) is 4.98 Å². The van der Waals surface area contributed by atoms with Crippen LogP contribution in [0.3, 0.4) is 0 Å². The number of carbonyl (C=O) groups is 1. The molecule has 1 amide bonds. The normalized spacial score (nSPS) is 30.0. The average molecular weight is 847 g/mol. The van der Waals surface area contributed by atoms with Gasteiger partial charge in [-0.15, -0.1) is 11.8 Å². The van der Waals surface area contributed by atoms with E-state index in [-0.39, 0.29) is 60.8 Å². The molecule has 15 heteroatoms. The van der Waals surface area contributed by atoms with Gasteiger partial charge in [-0.3, -0.25) is 14.4 Å². The Hall–Kier alpha value is -4.93. The van der Waals surface area contributed by atoms with E-state index in [4.69, 9.17) is 23.6 Å². The number of nitrogens with one attached hydrogen (secondary N) is 1. The number of carbonyl (C=O) groups excluding carboxylic acids is 1. The fraction of sp³-hybridized carbons (Fsp3) is 0.467. The van der Waals surface area contributed by atoms with Gasteiger partial charge in [0.2, 0.25) is 10.9 Å². The summed E-state index contributed by atoms with van der Waals surface area (Å²) in [5.41, 5.74) is -1.84. The molecule has 0 radical (unpaired) electrons. The highest BCUT2D eigenvalue weighted by molar-refractivity contribution is 7.99. The van der Waals surface area contributed by atoms with Crippen molar-refractivity contribution >= 4 is 62.1 Å². The SMILES string of the molecule is CCCCSc1cc(=O)c2nc3c(oc2c1)c1c(=O)c2c(O)c(C)c4c(c23)=C(O)[C@@](C)(O/C=C/[C@H](OC)[C@@H](C)[C@@H](O)[C@H](C)[C@H](O)[C@H](C)[C@@H](O)[C@@H](C)/C=C/C=C(/C)C(=O)N1)O4. The monoisotopic (exact) mass is 846 g/mol. The number of aromatic hydroxyl groups is 1. The van der Waals surface area contributed by atoms with Gasteiger partial charge in [0.15, 0.2) is 22.4 Å². The van der Waals surface area contributed by atoms with Crippen LogP contribution in [0, 0.1) is 30.6 Å². The summed E-state index contributed by atoms with van der Waals surface area (Å²) in [5, 5.41) is 59.9. The molecule has 2 aliphatic rings. The molecule has 322 valence electrons. The number of allylic oxidation sites excluding steroid dienone is 2. The maximum Gasteiger partial charge on any atom is 0.307 e. The summed E-state index contributed by atoms with van der Waals surface area (Å²) in [4.78, 5) is 47.5. The smallest absolute Gasteiger partial charge is 0.307 e. The summed E-state index contributed by atoms with van der Waals surface area (Å²) in [5.74, 6) is -5.41. The summed E-state index contributed by atoms with van der Waals surface area (Å²) >= 11 is 1.47. The second-order valence-electron chi connectivity index (χ2n) is 16.1. The van der Waals surface area contributed by atoms with Crippen LogP contribution in [0.2, 0.25) is 0 Å². The Morgan fingerprint density at radius 3 is 2.30 bits per heavy atom. The highest BCUT2D eigenvalue weighted by atomic mass is 32.2. The molecule has 6 N–H and O–H groups in total. The van der Waals surface area contributed by atoms with E-state index in [1.54, 1.807) is 45.9 Å². The molecular weight excluding hydrogens is 793 g/mol. The first kappa shape index (κ1) is 44.6. The minimum Gasteiger partial charge on any atom is -0.507 e. The van der Waals surface area contributed by atoms with Crippen molar-refractivity contribution in [1.29, 1.82) is 0 Å². The van der Waals surface area contributed by atoms with Gasteiger partial charge in [-0.2, -0.15) is 0 Å². The number of hydrogen-bond donors (Lipinski definition) is 6. The number of nitrogens with zero attached hydrogens (tertiary/aromatic N) is 1. The zero-order valence-corrected chi connectivity index (χ0v) is 36.0. The molecule has 3 heterocycles. The minimum atomic E-state index is -1.94. The Labute approximate surface area is 351 Å². The van der Waals surface area contributed by atoms with Crippen LogP contribution in [0.4, 0.5) is 5.69 Å². The molecule has 0 aliphatic carbocycles. The number of fused-ring (bicyclic) bond motifs is 5. The van der Waals surface area contributed by atoms with Crippen LogP contribution >= 0.6 is 11.8 Å². The minimum absolute atomic E-state index is 0.0330. The fourth-order valence-corrected chi connectivity index (χ4v) is 8.94. The lowest BCUT2D eigenvalue weighted by atomic mass is 9.78. The van der Waals surface area contributed by atoms with Gasteiger partial charge in [0.25, 0.3) is 5.91 Å². The average Bonchev–Trinajstić information content (AvgIpc) is 3.49. The van der Waals surface area contributed by atoms with Gasteiger partial charge >= 0.3 is 5.79 Å². The molecule has 3 aromatic carbocycles. The van der Waals surface area contributed by atoms with E-state index in [2.05, 4.69) is 12.2 Å². The molecule has 14 nitrogen and oxygen atoms in total. The molecule has 9 atom stereocenters. The van der Waals surface area contributed by atoms with Crippen LogP contribution in [0.15, 0.2) is 67.2 Å². The van der Waals surface area contributed by atoms with E-state index in [0.717, 1.165) is 18.6 Å². The molecule has 4 aromatic rings. The van der Waals surface area contributed by atoms with E-state index in [0.29, 0.717) is 4.90 Å². The van der Waals surface area contributed by atoms with Gasteiger partial charge in [0.05, 0.1) is 41.3 Å². The van der Waals surface area contributed by atoms with Crippen molar-refractivity contribution in [3.8, 4) is 11.5 Å². The topological polar surface area (TPSA) is 218 Å². The second-order valence-corrected chi connectivity index (χ2v) is 17.3. The second kappa shape index (κ2) is 17.6. The van der Waals surface area contributed by atoms with Gasteiger partial charge in [0.1, 0.15) is 22.7 Å². The van der Waals surface area contributed by atoms with Crippen LogP contribution in [0.1, 0.15) is 66.9 Å². The number of amides is 1. The fourth-order valence-electron chi connectivity index (χ4n) is 7.89. The molecule has 0 spiro atoms. The Kier molecular flexibility index (Phi) is 13.1. The van der Waals surface area contributed by atoms with Gasteiger partial charge in [0, 0.05) is 65.2 Å². The van der Waals surface area contributed by atoms with E-state index in [1.807, 2.05) is 0 Å². The van der Waals surface area contributed by atoms with Crippen molar-refractivity contribution in [3.05, 3.63) is 79.5 Å². The molecule has 1 aromatic heterocycles. The first-order valence-electron chi connectivity index (χ1n) is 20.1. The molecule has 2 aliphatic heterocycles. The number of phenolic OH excluding ortho intramolecular Hbond substituents is 1. The Bertz CT molecular complexity index is 2600. The standard InChI is InChI=1S/C45H54N2O12S/c1-10-11-17-60-26-18-27(48)33-29(19-26)58-42-34(46-33)30-31-39(52)25(7)41-32(30)43(54)45(8,59-41)57-16-15-28(56-9)22(4)37(50)24(6)38(51)23(5)36(49)20(2)13-12-14-21(3)44(55)47-35(42)40(31)53/h12-16,18-20,22-24,28,36-38,49-52,54H,10-11,17H2,1-9H3,(H,47,55)/b13-12+,16-15+,21-14-/t20-,22+,23+,24-,28-,36-,37+,38+,45-/m0/s1. The predicted molar refractivity (Wildman–Crippen MR) is 231 cm³/mol. The van der Waals surface area contributed by atoms with E-state index in [1.165, 1.54) is 64.1 Å². The molecular formula is C45H54N2O12S. The van der Waals surface area contributed by atoms with Gasteiger partial charge < -0.3 is 49.5 Å². The van der Waals surface area contributed by atoms with Crippen molar-refractivity contribution in [2.75, 3.05) is 18.2 Å². The highest BCUT2D eigenvalue weighted by Crippen LogP contribution is 2.42. The molecule has 0 saturated heterocycles. The molecule has 0 unspecified atom stereocenters. The Balaban J connectivity index is 1.64. The third-order valence-corrected chi connectivity index (χ3v) is 13.0. The number of anilines is 1. The van der Waals surface area contributed by atoms with E-state index in [9.17, 15) is 39.9 Å². The van der Waals surface area contributed by atoms with Crippen LogP contribution in [0.5, 0.6) is 11.5 Å². The number of phenols is 1. The van der Waals surface area contributed by atoms with Crippen molar-refractivity contribution in [3.63, 3.8) is 0 Å². The van der Waals surface area contributed by atoms with Crippen LogP contribution < -0.4 is 26.1 Å². The number of aliphatic hydroxyl groups excluding tert-OH is 4. The maximum atomic E-state index is 14.7. The summed E-state index contributed by atoms with van der Waals surface area (Å²) in [7, 11) is 1.44. The van der Waals surface area contributed by atoms with E-state index >= 15 is 0 Å². The van der Waals surface area contributed by atoms with Crippen molar-refractivity contribution in [2.45, 2.75) is 103 Å². The van der Waals surface area contributed by atoms with Crippen LogP contribution in [-0.2, 0) is 14.3 Å². The number of aliphatic hydroxyl groups is 4. The lowest BCUT2D eigenvalue weighted by molar-refractivity contribution is -0.112. The first-order valence-corrected chi connectivity index (χ1v) is 21.1. The van der Waals surface area contributed by atoms with Gasteiger partial charge in [-0.25, -0.2) is 4.98 Å². The number of methoxy groups -OCH3 is 1. The molecule has 5 bridgehead atoms. The summed E-state index contributed by atoms with van der Waals surface area (Å²) in [6.07, 6.45) is 5.36. The zero-order chi connectivity index (χ0) is 44.0. The number of unbranched alkanes of at least 4 members (excludes halogenated alkanes) is 1. The van der Waals surface area contributed by atoms with Gasteiger partial charge in [-0.05, 0) is 38.2 Å². The maximum absolute atomic E-state index is 14.7. The quantitative estimate of drug-likeness (QED) is 0.0599. The molecule has 60 heavy (non-hydrogen) atoms. The first-order chi connectivity index (χ1) is 28.4. The Morgan fingerprint density at radius 1 is 0.933 bits per heavy atom. The van der Waals surface area contributed by atoms with Crippen molar-refractivity contribution < 1.29 is 49.0 Å².